The molecule has 0 atom stereocenters. The zero-order valence-electron chi connectivity index (χ0n) is 10.9. The molecule has 0 saturated carbocycles. The molecule has 0 aromatic heterocycles. The second-order valence-corrected chi connectivity index (χ2v) is 4.70. The highest BCUT2D eigenvalue weighted by molar-refractivity contribution is 5.13. The molecule has 2 rings (SSSR count). The average molecular weight is 246 g/mol. The van der Waals surface area contributed by atoms with E-state index in [0.29, 0.717) is 12.5 Å². The van der Waals surface area contributed by atoms with Crippen molar-refractivity contribution in [2.75, 3.05) is 19.8 Å². The molecule has 0 aliphatic carbocycles. The molecule has 1 saturated heterocycles. The van der Waals surface area contributed by atoms with E-state index in [4.69, 9.17) is 9.47 Å². The summed E-state index contributed by atoms with van der Waals surface area (Å²) in [5.41, 5.74) is 1.24. The van der Waals surface area contributed by atoms with Crippen molar-refractivity contribution in [3.63, 3.8) is 0 Å². The maximum Gasteiger partial charge on any atom is 0.0717 e. The molecule has 98 valence electrons. The highest BCUT2D eigenvalue weighted by Gasteiger charge is 2.09. The molecule has 0 unspecified atom stereocenters. The fraction of sp³-hybridized carbons (Fsp3) is 0.500. The van der Waals surface area contributed by atoms with Crippen LogP contribution in [0.1, 0.15) is 24.8 Å². The van der Waals surface area contributed by atoms with E-state index in [0.717, 1.165) is 26.2 Å². The number of hydrogen-bond donors (Lipinski definition) is 0. The van der Waals surface area contributed by atoms with E-state index in [1.165, 1.54) is 18.4 Å². The lowest BCUT2D eigenvalue weighted by atomic mass is 10.00. The van der Waals surface area contributed by atoms with Crippen LogP contribution in [0.5, 0.6) is 0 Å². The summed E-state index contributed by atoms with van der Waals surface area (Å²) in [5.74, 6) is 0.716. The highest BCUT2D eigenvalue weighted by Crippen LogP contribution is 2.15. The zero-order chi connectivity index (χ0) is 12.5. The first-order valence-electron chi connectivity index (χ1n) is 6.81. The molecule has 0 amide bonds. The van der Waals surface area contributed by atoms with Gasteiger partial charge >= 0.3 is 0 Å². The molecule has 2 nitrogen and oxygen atoms in total. The number of benzene rings is 1. The largest absolute Gasteiger partial charge is 0.381 e. The summed E-state index contributed by atoms with van der Waals surface area (Å²) < 4.78 is 11.0. The van der Waals surface area contributed by atoms with Gasteiger partial charge in [-0.25, -0.2) is 0 Å². The Labute approximate surface area is 110 Å². The molecule has 0 bridgehead atoms. The van der Waals surface area contributed by atoms with Crippen molar-refractivity contribution in [1.29, 1.82) is 0 Å². The SMILES string of the molecule is C(=CC1CCOCC1)CCOCc1ccccc1. The first-order valence-corrected chi connectivity index (χ1v) is 6.81. The van der Waals surface area contributed by atoms with Crippen LogP contribution in [-0.4, -0.2) is 19.8 Å². The molecule has 0 N–H and O–H groups in total. The highest BCUT2D eigenvalue weighted by atomic mass is 16.5. The van der Waals surface area contributed by atoms with Crippen molar-refractivity contribution in [2.45, 2.75) is 25.9 Å². The summed E-state index contributed by atoms with van der Waals surface area (Å²) in [6.45, 7) is 3.35. The average Bonchev–Trinajstić information content (AvgIpc) is 2.45. The van der Waals surface area contributed by atoms with E-state index in [2.05, 4.69) is 24.3 Å². The predicted molar refractivity (Wildman–Crippen MR) is 73.4 cm³/mol. The summed E-state index contributed by atoms with van der Waals surface area (Å²) in [7, 11) is 0. The lowest BCUT2D eigenvalue weighted by molar-refractivity contribution is 0.0783. The molecule has 1 fully saturated rings. The minimum absolute atomic E-state index is 0.714. The minimum atomic E-state index is 0.714. The number of ether oxygens (including phenoxy) is 2. The van der Waals surface area contributed by atoms with Crippen LogP contribution < -0.4 is 0 Å². The van der Waals surface area contributed by atoms with E-state index in [-0.39, 0.29) is 0 Å². The third-order valence-electron chi connectivity index (χ3n) is 3.21. The molecule has 18 heavy (non-hydrogen) atoms. The van der Waals surface area contributed by atoms with Crippen molar-refractivity contribution in [1.82, 2.24) is 0 Å². The standard InChI is InChI=1S/C16H22O2/c1-2-7-16(8-3-1)14-18-11-5-4-6-15-9-12-17-13-10-15/h1-4,6-8,15H,5,9-14H2. The van der Waals surface area contributed by atoms with Crippen LogP contribution in [-0.2, 0) is 16.1 Å². The maximum atomic E-state index is 5.63. The molecule has 0 spiro atoms. The van der Waals surface area contributed by atoms with Crippen molar-refractivity contribution in [3.05, 3.63) is 48.0 Å². The quantitative estimate of drug-likeness (QED) is 0.564. The molecule has 1 aliphatic rings. The Bertz CT molecular complexity index is 339. The summed E-state index contributed by atoms with van der Waals surface area (Å²) in [6, 6.07) is 10.3. The van der Waals surface area contributed by atoms with Crippen molar-refractivity contribution in [3.8, 4) is 0 Å². The molecule has 1 heterocycles. The van der Waals surface area contributed by atoms with Gasteiger partial charge in [-0.3, -0.25) is 0 Å². The van der Waals surface area contributed by atoms with Gasteiger partial charge in [0.1, 0.15) is 0 Å². The smallest absolute Gasteiger partial charge is 0.0717 e. The van der Waals surface area contributed by atoms with E-state index >= 15 is 0 Å². The monoisotopic (exact) mass is 246 g/mol. The maximum absolute atomic E-state index is 5.63. The van der Waals surface area contributed by atoms with Crippen molar-refractivity contribution < 1.29 is 9.47 Å². The van der Waals surface area contributed by atoms with Gasteiger partial charge in [-0.1, -0.05) is 42.5 Å². The Morgan fingerprint density at radius 1 is 1.17 bits per heavy atom. The van der Waals surface area contributed by atoms with E-state index in [1.807, 2.05) is 18.2 Å². The molecule has 1 aliphatic heterocycles. The van der Waals surface area contributed by atoms with Crippen LogP contribution in [0.4, 0.5) is 0 Å². The Hall–Kier alpha value is -1.12. The second kappa shape index (κ2) is 8.06. The molecule has 0 radical (unpaired) electrons. The lowest BCUT2D eigenvalue weighted by Gasteiger charge is -2.18. The summed E-state index contributed by atoms with van der Waals surface area (Å²) >= 11 is 0. The van der Waals surface area contributed by atoms with Gasteiger partial charge in [0, 0.05) is 13.2 Å². The molecule has 1 aromatic rings. The van der Waals surface area contributed by atoms with E-state index in [9.17, 15) is 0 Å². The number of hydrogen-bond acceptors (Lipinski definition) is 2. The summed E-state index contributed by atoms with van der Waals surface area (Å²) in [5, 5.41) is 0. The fourth-order valence-corrected chi connectivity index (χ4v) is 2.11. The lowest BCUT2D eigenvalue weighted by Crippen LogP contribution is -2.13. The van der Waals surface area contributed by atoms with Crippen LogP contribution in [0.15, 0.2) is 42.5 Å². The predicted octanol–water partition coefficient (Wildman–Crippen LogP) is 3.58. The molecule has 1 aromatic carbocycles. The zero-order valence-corrected chi connectivity index (χ0v) is 10.9. The van der Waals surface area contributed by atoms with E-state index in [1.54, 1.807) is 0 Å². The second-order valence-electron chi connectivity index (χ2n) is 4.70. The molecular weight excluding hydrogens is 224 g/mol. The van der Waals surface area contributed by atoms with Gasteiger partial charge in [0.15, 0.2) is 0 Å². The topological polar surface area (TPSA) is 18.5 Å². The van der Waals surface area contributed by atoms with Gasteiger partial charge in [-0.15, -0.1) is 0 Å². The van der Waals surface area contributed by atoms with Crippen LogP contribution in [0, 0.1) is 5.92 Å². The van der Waals surface area contributed by atoms with E-state index < -0.39 is 0 Å². The third kappa shape index (κ3) is 5.03. The molecular formula is C16H22O2. The van der Waals surface area contributed by atoms with Gasteiger partial charge in [-0.05, 0) is 30.7 Å². The van der Waals surface area contributed by atoms with Crippen molar-refractivity contribution in [2.24, 2.45) is 5.92 Å². The Morgan fingerprint density at radius 3 is 2.72 bits per heavy atom. The van der Waals surface area contributed by atoms with Gasteiger partial charge in [0.2, 0.25) is 0 Å². The summed E-state index contributed by atoms with van der Waals surface area (Å²) in [6.07, 6.45) is 7.92. The van der Waals surface area contributed by atoms with Crippen LogP contribution in [0.3, 0.4) is 0 Å². The van der Waals surface area contributed by atoms with Gasteiger partial charge < -0.3 is 9.47 Å². The van der Waals surface area contributed by atoms with Gasteiger partial charge in [0.25, 0.3) is 0 Å². The van der Waals surface area contributed by atoms with Gasteiger partial charge in [-0.2, -0.15) is 0 Å². The Morgan fingerprint density at radius 2 is 1.94 bits per heavy atom. The first-order chi connectivity index (χ1) is 8.95. The Kier molecular flexibility index (Phi) is 5.97. The first kappa shape index (κ1) is 13.3. The number of allylic oxidation sites excluding steroid dienone is 1. The summed E-state index contributed by atoms with van der Waals surface area (Å²) in [4.78, 5) is 0. The molecule has 2 heteroatoms. The number of rotatable bonds is 6. The minimum Gasteiger partial charge on any atom is -0.381 e. The van der Waals surface area contributed by atoms with Crippen LogP contribution >= 0.6 is 0 Å². The fourth-order valence-electron chi connectivity index (χ4n) is 2.11. The third-order valence-corrected chi connectivity index (χ3v) is 3.21. The normalized spacial score (nSPS) is 17.3. The van der Waals surface area contributed by atoms with Crippen LogP contribution in [0.25, 0.3) is 0 Å². The van der Waals surface area contributed by atoms with Crippen molar-refractivity contribution >= 4 is 0 Å². The van der Waals surface area contributed by atoms with Crippen LogP contribution in [0.2, 0.25) is 0 Å². The van der Waals surface area contributed by atoms with Gasteiger partial charge in [0.05, 0.1) is 13.2 Å². The Balaban J connectivity index is 1.54.